The summed E-state index contributed by atoms with van der Waals surface area (Å²) < 4.78 is 11.8. The van der Waals surface area contributed by atoms with E-state index in [1.54, 1.807) is 18.4 Å². The van der Waals surface area contributed by atoms with Crippen LogP contribution in [0.2, 0.25) is 0 Å². The summed E-state index contributed by atoms with van der Waals surface area (Å²) in [5, 5.41) is 0.767. The molecule has 1 aliphatic heterocycles. The van der Waals surface area contributed by atoms with E-state index in [1.165, 1.54) is 5.56 Å². The first-order chi connectivity index (χ1) is 15.2. The molecule has 0 unspecified atom stereocenters. The largest absolute Gasteiger partial charge is 0.497 e. The molecule has 1 saturated heterocycles. The molecule has 6 nitrogen and oxygen atoms in total. The topological polar surface area (TPSA) is 54.9 Å². The summed E-state index contributed by atoms with van der Waals surface area (Å²) in [5.74, 6) is 0.925. The van der Waals surface area contributed by atoms with Crippen LogP contribution in [0, 0.1) is 0 Å². The Balaban J connectivity index is 0.00000289. The monoisotopic (exact) mass is 475 g/mol. The number of thiazole rings is 1. The van der Waals surface area contributed by atoms with E-state index in [0.717, 1.165) is 66.8 Å². The lowest BCUT2D eigenvalue weighted by atomic mass is 10.1. The summed E-state index contributed by atoms with van der Waals surface area (Å²) in [5.41, 5.74) is 2.08. The van der Waals surface area contributed by atoms with E-state index in [1.807, 2.05) is 41.3 Å². The third kappa shape index (κ3) is 6.42. The predicted molar refractivity (Wildman–Crippen MR) is 132 cm³/mol. The average Bonchev–Trinajstić information content (AvgIpc) is 3.24. The van der Waals surface area contributed by atoms with Gasteiger partial charge in [0.25, 0.3) is 0 Å². The average molecular weight is 476 g/mol. The zero-order chi connectivity index (χ0) is 21.5. The highest BCUT2D eigenvalue weighted by Gasteiger charge is 2.20. The molecule has 0 bridgehead atoms. The van der Waals surface area contributed by atoms with Crippen molar-refractivity contribution < 1.29 is 14.3 Å². The van der Waals surface area contributed by atoms with Gasteiger partial charge < -0.3 is 9.47 Å². The zero-order valence-corrected chi connectivity index (χ0v) is 20.0. The minimum Gasteiger partial charge on any atom is -0.497 e. The van der Waals surface area contributed by atoms with Gasteiger partial charge in [0.2, 0.25) is 5.91 Å². The number of carbonyl (C=O) groups excluding carboxylic acids is 1. The third-order valence-corrected chi connectivity index (χ3v) is 6.59. The number of hydrogen-bond acceptors (Lipinski definition) is 6. The molecule has 0 radical (unpaired) electrons. The van der Waals surface area contributed by atoms with E-state index in [0.29, 0.717) is 13.0 Å². The molecule has 1 aliphatic rings. The van der Waals surface area contributed by atoms with Gasteiger partial charge in [0, 0.05) is 32.6 Å². The fourth-order valence-electron chi connectivity index (χ4n) is 3.77. The molecule has 2 heterocycles. The molecule has 2 aromatic carbocycles. The lowest BCUT2D eigenvalue weighted by Gasteiger charge is -2.27. The first kappa shape index (κ1) is 24.5. The number of aromatic nitrogens is 1. The molecular formula is C24H30ClN3O3S. The van der Waals surface area contributed by atoms with Crippen molar-refractivity contribution >= 4 is 45.0 Å². The van der Waals surface area contributed by atoms with Crippen molar-refractivity contribution in [2.24, 2.45) is 0 Å². The first-order valence-electron chi connectivity index (χ1n) is 10.8. The fraction of sp³-hybridized carbons (Fsp3) is 0.417. The molecule has 0 saturated carbocycles. The number of carbonyl (C=O) groups is 1. The molecule has 0 spiro atoms. The molecule has 1 fully saturated rings. The van der Waals surface area contributed by atoms with Crippen LogP contribution < -0.4 is 9.64 Å². The first-order valence-corrected chi connectivity index (χ1v) is 11.6. The number of benzene rings is 2. The quantitative estimate of drug-likeness (QED) is 0.458. The minimum absolute atomic E-state index is 0. The Morgan fingerprint density at radius 2 is 1.97 bits per heavy atom. The van der Waals surface area contributed by atoms with Crippen molar-refractivity contribution in [1.29, 1.82) is 0 Å². The zero-order valence-electron chi connectivity index (χ0n) is 18.4. The Labute approximate surface area is 199 Å². The number of morpholine rings is 1. The number of anilines is 1. The van der Waals surface area contributed by atoms with Gasteiger partial charge in [-0.15, -0.1) is 12.4 Å². The number of halogens is 1. The van der Waals surface area contributed by atoms with Crippen LogP contribution in [-0.2, 0) is 16.0 Å². The summed E-state index contributed by atoms with van der Waals surface area (Å²) in [6, 6.07) is 16.0. The van der Waals surface area contributed by atoms with Gasteiger partial charge in [0.1, 0.15) is 5.75 Å². The van der Waals surface area contributed by atoms with Crippen molar-refractivity contribution in [2.75, 3.05) is 51.4 Å². The highest BCUT2D eigenvalue weighted by molar-refractivity contribution is 7.22. The molecule has 4 rings (SSSR count). The third-order valence-electron chi connectivity index (χ3n) is 5.55. The van der Waals surface area contributed by atoms with Gasteiger partial charge in [-0.25, -0.2) is 4.98 Å². The molecule has 32 heavy (non-hydrogen) atoms. The molecule has 0 atom stereocenters. The smallest absolute Gasteiger partial charge is 0.229 e. The molecule has 172 valence electrons. The summed E-state index contributed by atoms with van der Waals surface area (Å²) >= 11 is 1.55. The number of ether oxygens (including phenoxy) is 2. The SMILES string of the molecule is COc1ccc2nc(N(CCCN3CCOCC3)C(=O)CCc3ccccc3)sc2c1.Cl. The van der Waals surface area contributed by atoms with Crippen LogP contribution in [-0.4, -0.2) is 62.3 Å². The van der Waals surface area contributed by atoms with Gasteiger partial charge in [-0.1, -0.05) is 41.7 Å². The number of hydrogen-bond donors (Lipinski definition) is 0. The van der Waals surface area contributed by atoms with Crippen LogP contribution in [0.15, 0.2) is 48.5 Å². The summed E-state index contributed by atoms with van der Waals surface area (Å²) in [4.78, 5) is 22.3. The maximum absolute atomic E-state index is 13.2. The molecule has 1 amide bonds. The van der Waals surface area contributed by atoms with Crippen molar-refractivity contribution in [3.63, 3.8) is 0 Å². The molecule has 1 aromatic heterocycles. The second-order valence-corrected chi connectivity index (χ2v) is 8.68. The van der Waals surface area contributed by atoms with Gasteiger partial charge in [0.15, 0.2) is 5.13 Å². The van der Waals surface area contributed by atoms with Crippen LogP contribution in [0.3, 0.4) is 0 Å². The fourth-order valence-corrected chi connectivity index (χ4v) is 4.81. The Morgan fingerprint density at radius 3 is 2.72 bits per heavy atom. The van der Waals surface area contributed by atoms with Gasteiger partial charge in [-0.2, -0.15) is 0 Å². The normalized spacial score (nSPS) is 14.2. The highest BCUT2D eigenvalue weighted by Crippen LogP contribution is 2.32. The van der Waals surface area contributed by atoms with E-state index < -0.39 is 0 Å². The van der Waals surface area contributed by atoms with Crippen molar-refractivity contribution in [2.45, 2.75) is 19.3 Å². The van der Waals surface area contributed by atoms with Crippen LogP contribution in [0.1, 0.15) is 18.4 Å². The van der Waals surface area contributed by atoms with Crippen LogP contribution in [0.4, 0.5) is 5.13 Å². The number of fused-ring (bicyclic) bond motifs is 1. The van der Waals surface area contributed by atoms with Crippen molar-refractivity contribution in [3.8, 4) is 5.75 Å². The lowest BCUT2D eigenvalue weighted by Crippen LogP contribution is -2.39. The van der Waals surface area contributed by atoms with Crippen molar-refractivity contribution in [3.05, 3.63) is 54.1 Å². The summed E-state index contributed by atoms with van der Waals surface area (Å²) in [7, 11) is 1.66. The Morgan fingerprint density at radius 1 is 1.19 bits per heavy atom. The number of aryl methyl sites for hydroxylation is 1. The van der Waals surface area contributed by atoms with Gasteiger partial charge in [0.05, 0.1) is 30.5 Å². The standard InChI is InChI=1S/C24H29N3O3S.ClH/c1-29-20-9-10-21-22(18-20)31-24(25-21)27(13-5-12-26-14-16-30-17-15-26)23(28)11-8-19-6-3-2-4-7-19;/h2-4,6-7,9-10,18H,5,8,11-17H2,1H3;1H. The maximum Gasteiger partial charge on any atom is 0.229 e. The molecule has 3 aromatic rings. The Kier molecular flexibility index (Phi) is 9.29. The van der Waals surface area contributed by atoms with E-state index in [2.05, 4.69) is 17.0 Å². The predicted octanol–water partition coefficient (Wildman–Crippen LogP) is 4.41. The van der Waals surface area contributed by atoms with E-state index in [-0.39, 0.29) is 18.3 Å². The van der Waals surface area contributed by atoms with E-state index >= 15 is 0 Å². The molecule has 0 N–H and O–H groups in total. The summed E-state index contributed by atoms with van der Waals surface area (Å²) in [6.07, 6.45) is 2.12. The minimum atomic E-state index is 0. The van der Waals surface area contributed by atoms with Crippen molar-refractivity contribution in [1.82, 2.24) is 9.88 Å². The van der Waals surface area contributed by atoms with Crippen LogP contribution >= 0.6 is 23.7 Å². The number of nitrogens with zero attached hydrogens (tertiary/aromatic N) is 3. The number of amides is 1. The Bertz CT molecular complexity index is 993. The van der Waals surface area contributed by atoms with Gasteiger partial charge in [-0.3, -0.25) is 14.6 Å². The van der Waals surface area contributed by atoms with E-state index in [4.69, 9.17) is 14.5 Å². The van der Waals surface area contributed by atoms with E-state index in [9.17, 15) is 4.79 Å². The highest BCUT2D eigenvalue weighted by atomic mass is 35.5. The van der Waals surface area contributed by atoms with Gasteiger partial charge >= 0.3 is 0 Å². The number of methoxy groups -OCH3 is 1. The maximum atomic E-state index is 13.2. The second-order valence-electron chi connectivity index (χ2n) is 7.67. The van der Waals surface area contributed by atoms with Crippen LogP contribution in [0.25, 0.3) is 10.2 Å². The van der Waals surface area contributed by atoms with Gasteiger partial charge in [-0.05, 0) is 36.6 Å². The molecular weight excluding hydrogens is 446 g/mol. The molecule has 0 aliphatic carbocycles. The second kappa shape index (κ2) is 12.2. The molecule has 8 heteroatoms. The number of rotatable bonds is 9. The Hall–Kier alpha value is -2.19. The van der Waals surface area contributed by atoms with Crippen LogP contribution in [0.5, 0.6) is 5.75 Å². The lowest BCUT2D eigenvalue weighted by molar-refractivity contribution is -0.118. The summed E-state index contributed by atoms with van der Waals surface area (Å²) in [6.45, 7) is 5.14.